The highest BCUT2D eigenvalue weighted by molar-refractivity contribution is 7.89. The van der Waals surface area contributed by atoms with Crippen LogP contribution in [-0.4, -0.2) is 26.2 Å². The average Bonchev–Trinajstić information content (AvgIpc) is 2.28. The fourth-order valence-electron chi connectivity index (χ4n) is 1.57. The smallest absolute Gasteiger partial charge is 0.240 e. The summed E-state index contributed by atoms with van der Waals surface area (Å²) in [6, 6.07) is 5.09. The quantitative estimate of drug-likeness (QED) is 0.775. The lowest BCUT2D eigenvalue weighted by molar-refractivity contribution is 0.182. The largest absolute Gasteiger partial charge is 0.393 e. The Kier molecular flexibility index (Phi) is 5.31. The van der Waals surface area contributed by atoms with Gasteiger partial charge in [0.15, 0.2) is 0 Å². The zero-order chi connectivity index (χ0) is 13.8. The topological polar surface area (TPSA) is 66.4 Å². The van der Waals surface area contributed by atoms with Crippen molar-refractivity contribution in [2.24, 2.45) is 0 Å². The molecule has 0 aliphatic carbocycles. The SMILES string of the molecule is Cc1ccc(S(=O)(=O)NCCCC(C)O)cc1C. The summed E-state index contributed by atoms with van der Waals surface area (Å²) in [5.41, 5.74) is 2.03. The first-order chi connectivity index (χ1) is 8.33. The van der Waals surface area contributed by atoms with E-state index in [-0.39, 0.29) is 0 Å². The van der Waals surface area contributed by atoms with E-state index in [2.05, 4.69) is 4.72 Å². The number of hydrogen-bond acceptors (Lipinski definition) is 3. The van der Waals surface area contributed by atoms with E-state index in [1.165, 1.54) is 0 Å². The highest BCUT2D eigenvalue weighted by atomic mass is 32.2. The van der Waals surface area contributed by atoms with Crippen LogP contribution in [-0.2, 0) is 10.0 Å². The molecule has 102 valence electrons. The van der Waals surface area contributed by atoms with E-state index in [0.717, 1.165) is 11.1 Å². The van der Waals surface area contributed by atoms with Gasteiger partial charge in [-0.25, -0.2) is 13.1 Å². The summed E-state index contributed by atoms with van der Waals surface area (Å²) in [6.07, 6.45) is 0.827. The number of hydrogen-bond donors (Lipinski definition) is 2. The van der Waals surface area contributed by atoms with Crippen LogP contribution in [0, 0.1) is 13.8 Å². The van der Waals surface area contributed by atoms with Crippen LogP contribution in [0.5, 0.6) is 0 Å². The van der Waals surface area contributed by atoms with E-state index in [1.807, 2.05) is 13.8 Å². The average molecular weight is 271 g/mol. The van der Waals surface area contributed by atoms with Crippen LogP contribution in [0.2, 0.25) is 0 Å². The monoisotopic (exact) mass is 271 g/mol. The third-order valence-electron chi connectivity index (χ3n) is 2.88. The van der Waals surface area contributed by atoms with Crippen LogP contribution < -0.4 is 4.72 Å². The molecule has 1 aromatic rings. The van der Waals surface area contributed by atoms with Crippen molar-refractivity contribution in [1.29, 1.82) is 0 Å². The number of nitrogens with one attached hydrogen (secondary N) is 1. The number of aliphatic hydroxyl groups excluding tert-OH is 1. The third kappa shape index (κ3) is 4.40. The van der Waals surface area contributed by atoms with Gasteiger partial charge in [-0.2, -0.15) is 0 Å². The first-order valence-electron chi connectivity index (χ1n) is 6.08. The highest BCUT2D eigenvalue weighted by Crippen LogP contribution is 2.14. The molecule has 0 aliphatic rings. The van der Waals surface area contributed by atoms with Crippen LogP contribution in [0.4, 0.5) is 0 Å². The van der Waals surface area contributed by atoms with Crippen molar-refractivity contribution in [3.05, 3.63) is 29.3 Å². The van der Waals surface area contributed by atoms with Gasteiger partial charge in [0.05, 0.1) is 11.0 Å². The lowest BCUT2D eigenvalue weighted by Crippen LogP contribution is -2.25. The number of aryl methyl sites for hydroxylation is 2. The van der Waals surface area contributed by atoms with Crippen molar-refractivity contribution < 1.29 is 13.5 Å². The lowest BCUT2D eigenvalue weighted by Gasteiger charge is -2.09. The van der Waals surface area contributed by atoms with E-state index in [0.29, 0.717) is 24.3 Å². The van der Waals surface area contributed by atoms with Gasteiger partial charge < -0.3 is 5.11 Å². The summed E-state index contributed by atoms with van der Waals surface area (Å²) >= 11 is 0. The molecule has 0 amide bonds. The van der Waals surface area contributed by atoms with Gasteiger partial charge in [-0.05, 0) is 56.9 Å². The third-order valence-corrected chi connectivity index (χ3v) is 4.34. The van der Waals surface area contributed by atoms with Crippen molar-refractivity contribution in [1.82, 2.24) is 4.72 Å². The maximum absolute atomic E-state index is 12.0. The predicted molar refractivity (Wildman–Crippen MR) is 72.0 cm³/mol. The minimum atomic E-state index is -3.43. The Morgan fingerprint density at radius 1 is 1.28 bits per heavy atom. The Balaban J connectivity index is 2.66. The van der Waals surface area contributed by atoms with Gasteiger partial charge >= 0.3 is 0 Å². The van der Waals surface area contributed by atoms with Gasteiger partial charge in [0, 0.05) is 6.54 Å². The van der Waals surface area contributed by atoms with E-state index in [9.17, 15) is 8.42 Å². The lowest BCUT2D eigenvalue weighted by atomic mass is 10.1. The molecule has 1 atom stereocenters. The Bertz CT molecular complexity index is 495. The molecule has 2 N–H and O–H groups in total. The van der Waals surface area contributed by atoms with Gasteiger partial charge in [-0.3, -0.25) is 0 Å². The number of benzene rings is 1. The van der Waals surface area contributed by atoms with Crippen molar-refractivity contribution in [3.8, 4) is 0 Å². The highest BCUT2D eigenvalue weighted by Gasteiger charge is 2.13. The standard InChI is InChI=1S/C13H21NO3S/c1-10-6-7-13(9-11(10)2)18(16,17)14-8-4-5-12(3)15/h6-7,9,12,14-15H,4-5,8H2,1-3H3. The molecule has 5 heteroatoms. The molecule has 18 heavy (non-hydrogen) atoms. The molecule has 0 saturated carbocycles. The Labute approximate surface area is 109 Å². The molecule has 0 saturated heterocycles. The number of aliphatic hydroxyl groups is 1. The zero-order valence-corrected chi connectivity index (χ0v) is 11.9. The first-order valence-corrected chi connectivity index (χ1v) is 7.56. The molecule has 0 aromatic heterocycles. The molecular weight excluding hydrogens is 250 g/mol. The molecule has 0 fully saturated rings. The maximum Gasteiger partial charge on any atom is 0.240 e. The summed E-state index contributed by atoms with van der Waals surface area (Å²) in [6.45, 7) is 5.88. The second kappa shape index (κ2) is 6.31. The molecule has 1 rings (SSSR count). The molecule has 0 spiro atoms. The normalized spacial score (nSPS) is 13.6. The van der Waals surface area contributed by atoms with Crippen LogP contribution in [0.1, 0.15) is 30.9 Å². The summed E-state index contributed by atoms with van der Waals surface area (Å²) in [7, 11) is -3.43. The Hall–Kier alpha value is -0.910. The van der Waals surface area contributed by atoms with Crippen molar-refractivity contribution in [2.45, 2.75) is 44.6 Å². The Morgan fingerprint density at radius 3 is 2.50 bits per heavy atom. The van der Waals surface area contributed by atoms with E-state index in [1.54, 1.807) is 25.1 Å². The molecule has 1 aromatic carbocycles. The second-order valence-electron chi connectivity index (χ2n) is 4.64. The van der Waals surface area contributed by atoms with Crippen LogP contribution in [0.3, 0.4) is 0 Å². The van der Waals surface area contributed by atoms with E-state index < -0.39 is 16.1 Å². The molecule has 0 bridgehead atoms. The first kappa shape index (κ1) is 15.1. The van der Waals surface area contributed by atoms with Crippen LogP contribution >= 0.6 is 0 Å². The fraction of sp³-hybridized carbons (Fsp3) is 0.538. The summed E-state index contributed by atoms with van der Waals surface area (Å²) < 4.78 is 26.5. The van der Waals surface area contributed by atoms with Crippen molar-refractivity contribution >= 4 is 10.0 Å². The second-order valence-corrected chi connectivity index (χ2v) is 6.40. The zero-order valence-electron chi connectivity index (χ0n) is 11.1. The Morgan fingerprint density at radius 2 is 1.94 bits per heavy atom. The van der Waals surface area contributed by atoms with Gasteiger partial charge in [-0.1, -0.05) is 6.07 Å². The van der Waals surface area contributed by atoms with Gasteiger partial charge in [0.2, 0.25) is 10.0 Å². The molecular formula is C13H21NO3S. The summed E-state index contributed by atoms with van der Waals surface area (Å²) in [5, 5.41) is 9.09. The van der Waals surface area contributed by atoms with Crippen LogP contribution in [0.25, 0.3) is 0 Å². The molecule has 1 unspecified atom stereocenters. The van der Waals surface area contributed by atoms with Gasteiger partial charge in [0.25, 0.3) is 0 Å². The van der Waals surface area contributed by atoms with Crippen LogP contribution in [0.15, 0.2) is 23.1 Å². The number of rotatable bonds is 6. The minimum Gasteiger partial charge on any atom is -0.393 e. The fourth-order valence-corrected chi connectivity index (χ4v) is 2.73. The van der Waals surface area contributed by atoms with Gasteiger partial charge in [0.1, 0.15) is 0 Å². The molecule has 0 heterocycles. The number of sulfonamides is 1. The van der Waals surface area contributed by atoms with Gasteiger partial charge in [-0.15, -0.1) is 0 Å². The van der Waals surface area contributed by atoms with Crippen molar-refractivity contribution in [2.75, 3.05) is 6.54 Å². The molecule has 0 aliphatic heterocycles. The minimum absolute atomic E-state index is 0.294. The maximum atomic E-state index is 12.0. The summed E-state index contributed by atoms with van der Waals surface area (Å²) in [4.78, 5) is 0.294. The molecule has 0 radical (unpaired) electrons. The van der Waals surface area contributed by atoms with E-state index in [4.69, 9.17) is 5.11 Å². The molecule has 4 nitrogen and oxygen atoms in total. The van der Waals surface area contributed by atoms with Crippen molar-refractivity contribution in [3.63, 3.8) is 0 Å². The van der Waals surface area contributed by atoms with E-state index >= 15 is 0 Å². The summed E-state index contributed by atoms with van der Waals surface area (Å²) in [5.74, 6) is 0. The predicted octanol–water partition coefficient (Wildman–Crippen LogP) is 1.74.